The topological polar surface area (TPSA) is 96.0 Å². The van der Waals surface area contributed by atoms with Crippen LogP contribution < -0.4 is 10.1 Å². The van der Waals surface area contributed by atoms with Gasteiger partial charge in [-0.05, 0) is 55.2 Å². The second kappa shape index (κ2) is 10.8. The molecule has 2 aromatic rings. The van der Waals surface area contributed by atoms with E-state index in [9.17, 15) is 32.3 Å². The number of hydrogen-bond acceptors (Lipinski definition) is 5. The van der Waals surface area contributed by atoms with Crippen LogP contribution >= 0.6 is 0 Å². The number of Topliss-reactive ketones (excluding diaryl/α,β-unsaturated/α-hetero) is 1. The predicted octanol–water partition coefficient (Wildman–Crippen LogP) is 3.42. The van der Waals surface area contributed by atoms with Crippen molar-refractivity contribution in [2.75, 3.05) is 13.1 Å². The molecule has 0 aromatic heterocycles. The molecule has 2 aromatic carbocycles. The molecule has 2 aliphatic heterocycles. The number of carbonyl (C=O) groups is 4. The monoisotopic (exact) mass is 531 g/mol. The maximum absolute atomic E-state index is 13.6. The first-order chi connectivity index (χ1) is 17.9. The highest BCUT2D eigenvalue weighted by molar-refractivity contribution is 6.03. The van der Waals surface area contributed by atoms with Gasteiger partial charge in [0.1, 0.15) is 17.8 Å². The average molecular weight is 532 g/mol. The van der Waals surface area contributed by atoms with Crippen molar-refractivity contribution in [3.05, 3.63) is 65.7 Å². The minimum Gasteiger partial charge on any atom is -0.406 e. The fourth-order valence-corrected chi connectivity index (χ4v) is 5.03. The number of halogens is 3. The summed E-state index contributed by atoms with van der Waals surface area (Å²) in [5, 5.41) is 2.68. The maximum atomic E-state index is 13.6. The van der Waals surface area contributed by atoms with Gasteiger partial charge in [0.05, 0.1) is 12.6 Å². The minimum absolute atomic E-state index is 0.0145. The molecular weight excluding hydrogens is 503 g/mol. The van der Waals surface area contributed by atoms with Crippen LogP contribution in [0.5, 0.6) is 5.75 Å². The number of carbonyl (C=O) groups excluding carboxylic acids is 4. The van der Waals surface area contributed by atoms with Crippen molar-refractivity contribution in [1.29, 1.82) is 0 Å². The molecule has 2 aliphatic rings. The Labute approximate surface area is 217 Å². The van der Waals surface area contributed by atoms with Gasteiger partial charge in [-0.1, -0.05) is 32.0 Å². The van der Waals surface area contributed by atoms with Gasteiger partial charge in [-0.3, -0.25) is 19.2 Å². The zero-order valence-electron chi connectivity index (χ0n) is 20.9. The van der Waals surface area contributed by atoms with E-state index in [0.717, 1.165) is 12.1 Å². The van der Waals surface area contributed by atoms with E-state index in [0.29, 0.717) is 12.0 Å². The van der Waals surface area contributed by atoms with E-state index in [2.05, 4.69) is 10.1 Å². The largest absolute Gasteiger partial charge is 0.573 e. The molecule has 3 atom stereocenters. The molecule has 0 saturated carbocycles. The molecule has 0 radical (unpaired) electrons. The predicted molar refractivity (Wildman–Crippen MR) is 130 cm³/mol. The molecule has 4 rings (SSSR count). The molecule has 2 heterocycles. The van der Waals surface area contributed by atoms with E-state index in [-0.39, 0.29) is 42.7 Å². The fraction of sp³-hybridized carbons (Fsp3) is 0.407. The van der Waals surface area contributed by atoms with E-state index in [4.69, 9.17) is 0 Å². The van der Waals surface area contributed by atoms with Crippen molar-refractivity contribution in [2.45, 2.75) is 51.2 Å². The Morgan fingerprint density at radius 1 is 1.00 bits per heavy atom. The summed E-state index contributed by atoms with van der Waals surface area (Å²) in [5.74, 6) is -2.04. The number of hydrogen-bond donors (Lipinski definition) is 1. The summed E-state index contributed by atoms with van der Waals surface area (Å²) in [6.07, 6.45) is -4.14. The van der Waals surface area contributed by atoms with Crippen LogP contribution in [0.2, 0.25) is 0 Å². The molecule has 0 aliphatic carbocycles. The highest BCUT2D eigenvalue weighted by Crippen LogP contribution is 2.32. The molecule has 8 nitrogen and oxygen atoms in total. The third kappa shape index (κ3) is 5.98. The lowest BCUT2D eigenvalue weighted by Crippen LogP contribution is -2.53. The van der Waals surface area contributed by atoms with Crippen molar-refractivity contribution < 1.29 is 37.1 Å². The van der Waals surface area contributed by atoms with Gasteiger partial charge >= 0.3 is 6.36 Å². The Bertz CT molecular complexity index is 1200. The second-order valence-electron chi connectivity index (χ2n) is 9.83. The molecular formula is C27H28F3N3O5. The van der Waals surface area contributed by atoms with Gasteiger partial charge in [-0.2, -0.15) is 0 Å². The number of fused-ring (bicyclic) bond motifs is 1. The number of nitrogens with zero attached hydrogens (tertiary/aromatic N) is 2. The number of benzene rings is 2. The molecule has 2 fully saturated rings. The molecule has 202 valence electrons. The lowest BCUT2D eigenvalue weighted by Gasteiger charge is -2.29. The third-order valence-electron chi connectivity index (χ3n) is 6.65. The number of rotatable bonds is 7. The van der Waals surface area contributed by atoms with Gasteiger partial charge < -0.3 is 19.9 Å². The molecule has 11 heteroatoms. The van der Waals surface area contributed by atoms with Gasteiger partial charge in [-0.15, -0.1) is 13.2 Å². The quantitative estimate of drug-likeness (QED) is 0.591. The zero-order chi connectivity index (χ0) is 27.6. The molecule has 3 amide bonds. The summed E-state index contributed by atoms with van der Waals surface area (Å²) in [7, 11) is 0. The summed E-state index contributed by atoms with van der Waals surface area (Å²) in [6.45, 7) is 3.92. The van der Waals surface area contributed by atoms with Crippen LogP contribution in [0.3, 0.4) is 0 Å². The summed E-state index contributed by atoms with van der Waals surface area (Å²) in [4.78, 5) is 55.4. The van der Waals surface area contributed by atoms with Crippen molar-refractivity contribution >= 4 is 23.5 Å². The van der Waals surface area contributed by atoms with Crippen molar-refractivity contribution in [3.8, 4) is 5.75 Å². The van der Waals surface area contributed by atoms with E-state index < -0.39 is 42.1 Å². The van der Waals surface area contributed by atoms with E-state index in [1.165, 1.54) is 21.9 Å². The summed E-state index contributed by atoms with van der Waals surface area (Å²) in [5.41, 5.74) is 0.513. The Balaban J connectivity index is 1.47. The van der Waals surface area contributed by atoms with E-state index in [1.54, 1.807) is 30.3 Å². The van der Waals surface area contributed by atoms with Crippen LogP contribution in [-0.2, 0) is 9.59 Å². The molecule has 38 heavy (non-hydrogen) atoms. The van der Waals surface area contributed by atoms with Gasteiger partial charge in [0, 0.05) is 17.7 Å². The Hall–Kier alpha value is -3.89. The highest BCUT2D eigenvalue weighted by Gasteiger charge is 2.52. The first-order valence-electron chi connectivity index (χ1n) is 12.3. The van der Waals surface area contributed by atoms with E-state index >= 15 is 0 Å². The number of nitrogens with one attached hydrogen (secondary N) is 1. The average Bonchev–Trinajstić information content (AvgIpc) is 3.44. The van der Waals surface area contributed by atoms with E-state index in [1.807, 2.05) is 13.8 Å². The van der Waals surface area contributed by atoms with Crippen LogP contribution in [0.15, 0.2) is 54.6 Å². The van der Waals surface area contributed by atoms with Gasteiger partial charge in [-0.25, -0.2) is 0 Å². The van der Waals surface area contributed by atoms with Crippen LogP contribution in [0, 0.1) is 5.92 Å². The molecule has 2 unspecified atom stereocenters. The third-order valence-corrected chi connectivity index (χ3v) is 6.65. The molecule has 2 saturated heterocycles. The second-order valence-corrected chi connectivity index (χ2v) is 9.83. The van der Waals surface area contributed by atoms with Crippen molar-refractivity contribution in [2.24, 2.45) is 5.92 Å². The number of ether oxygens (including phenoxy) is 1. The van der Waals surface area contributed by atoms with Crippen LogP contribution in [-0.4, -0.2) is 70.9 Å². The Morgan fingerprint density at radius 3 is 2.26 bits per heavy atom. The number of amides is 3. The van der Waals surface area contributed by atoms with Crippen molar-refractivity contribution in [3.63, 3.8) is 0 Å². The van der Waals surface area contributed by atoms with Crippen LogP contribution in [0.4, 0.5) is 13.2 Å². The number of alkyl halides is 3. The number of ketones is 1. The molecule has 1 N–H and O–H groups in total. The summed E-state index contributed by atoms with van der Waals surface area (Å²) < 4.78 is 41.1. The summed E-state index contributed by atoms with van der Waals surface area (Å²) >= 11 is 0. The first-order valence-corrected chi connectivity index (χ1v) is 12.3. The Kier molecular flexibility index (Phi) is 7.75. The molecule has 0 bridgehead atoms. The lowest BCUT2D eigenvalue weighted by atomic mass is 10.0. The Morgan fingerprint density at radius 2 is 1.66 bits per heavy atom. The van der Waals surface area contributed by atoms with Crippen LogP contribution in [0.25, 0.3) is 0 Å². The molecule has 0 spiro atoms. The van der Waals surface area contributed by atoms with Gasteiger partial charge in [0.25, 0.3) is 11.8 Å². The summed E-state index contributed by atoms with van der Waals surface area (Å²) in [6, 6.07) is 10.8. The number of likely N-dealkylation sites (tertiary alicyclic amines) is 2. The fourth-order valence-electron chi connectivity index (χ4n) is 5.03. The van der Waals surface area contributed by atoms with Gasteiger partial charge in [0.2, 0.25) is 5.91 Å². The smallest absolute Gasteiger partial charge is 0.406 e. The maximum Gasteiger partial charge on any atom is 0.573 e. The highest BCUT2D eigenvalue weighted by atomic mass is 19.4. The SMILES string of the molecule is CC(C)C[C@H](NC(=O)c1ccc(OC(F)(F)F)cc1)C(=O)N1CCC2C1C(=O)CN2C(=O)c1ccccc1. The zero-order valence-corrected chi connectivity index (χ0v) is 20.9. The normalized spacial score (nSPS) is 19.9. The van der Waals surface area contributed by atoms with Gasteiger partial charge in [0.15, 0.2) is 5.78 Å². The van der Waals surface area contributed by atoms with Crippen LogP contribution in [0.1, 0.15) is 47.4 Å². The first kappa shape index (κ1) is 27.2. The standard InChI is InChI=1S/C27H28F3N3O5/c1-16(2)14-20(31-24(35)17-8-10-19(11-9-17)38-27(28,29)30)26(37)32-13-12-21-23(32)22(34)15-33(21)25(36)18-6-4-3-5-7-18/h3-11,16,20-21,23H,12-15H2,1-2H3,(H,31,35)/t20-,21?,23?/m0/s1. The lowest BCUT2D eigenvalue weighted by molar-refractivity contribution is -0.274. The van der Waals surface area contributed by atoms with Crippen molar-refractivity contribution in [1.82, 2.24) is 15.1 Å². The minimum atomic E-state index is -4.86.